The molecule has 0 saturated heterocycles. The fourth-order valence-corrected chi connectivity index (χ4v) is 2.14. The highest BCUT2D eigenvalue weighted by Gasteiger charge is 2.23. The molecular weight excluding hydrogens is 320 g/mol. The summed E-state index contributed by atoms with van der Waals surface area (Å²) >= 11 is 0. The molecule has 0 aliphatic carbocycles. The van der Waals surface area contributed by atoms with Crippen molar-refractivity contribution >= 4 is 23.2 Å². The lowest BCUT2D eigenvalue weighted by Crippen LogP contribution is -2.22. The van der Waals surface area contributed by atoms with Crippen LogP contribution in [0.5, 0.6) is 0 Å². The first-order valence-electron chi connectivity index (χ1n) is 6.55. The Morgan fingerprint density at radius 3 is 2.12 bits per heavy atom. The van der Waals surface area contributed by atoms with Gasteiger partial charge in [-0.3, -0.25) is 25.0 Å². The minimum atomic E-state index is -0.770. The monoisotopic (exact) mass is 332 g/mol. The Morgan fingerprint density at radius 2 is 1.67 bits per heavy atom. The van der Waals surface area contributed by atoms with Crippen molar-refractivity contribution in [3.8, 4) is 11.3 Å². The number of amides is 1. The summed E-state index contributed by atoms with van der Waals surface area (Å²) in [6.45, 7) is 1.51. The summed E-state index contributed by atoms with van der Waals surface area (Å²) in [5.41, 5.74) is 4.84. The third-order valence-electron chi connectivity index (χ3n) is 3.16. The van der Waals surface area contributed by atoms with Crippen LogP contribution in [0, 0.1) is 27.2 Å². The number of hydrogen-bond donors (Lipinski definition) is 2. The SMILES string of the molecule is CNC(=O)c1c(C)nc(N)nc1-c1cc([N+](=O)[O-])cc([N+](=O)[O-])c1. The van der Waals surface area contributed by atoms with Crippen molar-refractivity contribution in [2.24, 2.45) is 0 Å². The third kappa shape index (κ3) is 3.09. The largest absolute Gasteiger partial charge is 0.368 e. The predicted molar refractivity (Wildman–Crippen MR) is 83.3 cm³/mol. The summed E-state index contributed by atoms with van der Waals surface area (Å²) in [6.07, 6.45) is 0. The smallest absolute Gasteiger partial charge is 0.276 e. The first-order valence-corrected chi connectivity index (χ1v) is 6.55. The summed E-state index contributed by atoms with van der Waals surface area (Å²) < 4.78 is 0. The molecule has 11 heteroatoms. The second kappa shape index (κ2) is 6.24. The van der Waals surface area contributed by atoms with E-state index < -0.39 is 27.1 Å². The molecule has 11 nitrogen and oxygen atoms in total. The lowest BCUT2D eigenvalue weighted by molar-refractivity contribution is -0.394. The third-order valence-corrected chi connectivity index (χ3v) is 3.16. The number of carbonyl (C=O) groups is 1. The Bertz CT molecular complexity index is 834. The molecule has 0 bridgehead atoms. The van der Waals surface area contributed by atoms with Gasteiger partial charge in [-0.15, -0.1) is 0 Å². The van der Waals surface area contributed by atoms with E-state index in [1.165, 1.54) is 14.0 Å². The minimum absolute atomic E-state index is 0.0201. The zero-order valence-electron chi connectivity index (χ0n) is 12.6. The van der Waals surface area contributed by atoms with E-state index in [4.69, 9.17) is 5.73 Å². The maximum atomic E-state index is 12.1. The number of aromatic nitrogens is 2. The van der Waals surface area contributed by atoms with Crippen molar-refractivity contribution in [1.82, 2.24) is 15.3 Å². The van der Waals surface area contributed by atoms with E-state index in [-0.39, 0.29) is 28.5 Å². The average Bonchev–Trinajstić information content (AvgIpc) is 2.52. The van der Waals surface area contributed by atoms with Crippen LogP contribution in [0.4, 0.5) is 17.3 Å². The fourth-order valence-electron chi connectivity index (χ4n) is 2.14. The van der Waals surface area contributed by atoms with Gasteiger partial charge in [0.2, 0.25) is 5.95 Å². The van der Waals surface area contributed by atoms with Crippen LogP contribution in [-0.2, 0) is 0 Å². The number of non-ortho nitro benzene ring substituents is 2. The van der Waals surface area contributed by atoms with Crippen molar-refractivity contribution < 1.29 is 14.6 Å². The Morgan fingerprint density at radius 1 is 1.12 bits per heavy atom. The van der Waals surface area contributed by atoms with Crippen LogP contribution in [0.15, 0.2) is 18.2 Å². The molecule has 0 spiro atoms. The molecule has 0 saturated carbocycles. The van der Waals surface area contributed by atoms with Crippen LogP contribution in [-0.4, -0.2) is 32.8 Å². The molecule has 124 valence electrons. The van der Waals surface area contributed by atoms with Gasteiger partial charge < -0.3 is 11.1 Å². The molecule has 0 aliphatic heterocycles. The highest BCUT2D eigenvalue weighted by Crippen LogP contribution is 2.31. The fraction of sp³-hybridized carbons (Fsp3) is 0.154. The van der Waals surface area contributed by atoms with Crippen LogP contribution in [0.25, 0.3) is 11.3 Å². The molecule has 3 N–H and O–H groups in total. The van der Waals surface area contributed by atoms with Crippen LogP contribution in [0.2, 0.25) is 0 Å². The highest BCUT2D eigenvalue weighted by molar-refractivity contribution is 6.01. The van der Waals surface area contributed by atoms with Crippen molar-refractivity contribution in [3.05, 3.63) is 49.7 Å². The molecule has 0 fully saturated rings. The molecule has 1 amide bonds. The number of aryl methyl sites for hydroxylation is 1. The van der Waals surface area contributed by atoms with E-state index in [2.05, 4.69) is 15.3 Å². The number of anilines is 1. The lowest BCUT2D eigenvalue weighted by Gasteiger charge is -2.11. The maximum absolute atomic E-state index is 12.1. The number of carbonyl (C=O) groups excluding carboxylic acids is 1. The van der Waals surface area contributed by atoms with Crippen LogP contribution in [0.1, 0.15) is 16.1 Å². The molecule has 0 unspecified atom stereocenters. The van der Waals surface area contributed by atoms with Crippen molar-refractivity contribution in [2.45, 2.75) is 6.92 Å². The van der Waals surface area contributed by atoms with Gasteiger partial charge in [0, 0.05) is 24.7 Å². The van der Waals surface area contributed by atoms with E-state index in [0.29, 0.717) is 0 Å². The van der Waals surface area contributed by atoms with Gasteiger partial charge in [-0.05, 0) is 6.92 Å². The van der Waals surface area contributed by atoms with Gasteiger partial charge >= 0.3 is 0 Å². The number of rotatable bonds is 4. The molecule has 0 atom stereocenters. The highest BCUT2D eigenvalue weighted by atomic mass is 16.6. The number of benzene rings is 1. The summed E-state index contributed by atoms with van der Waals surface area (Å²) in [5.74, 6) is -0.707. The molecule has 2 rings (SSSR count). The van der Waals surface area contributed by atoms with Gasteiger partial charge in [0.25, 0.3) is 17.3 Å². The standard InChI is InChI=1S/C13H12N6O5/c1-6-10(12(20)15-2)11(17-13(14)16-6)7-3-8(18(21)22)5-9(4-7)19(23)24/h3-5H,1-2H3,(H,15,20)(H2,14,16,17). The Kier molecular flexibility index (Phi) is 4.35. The molecule has 1 aromatic heterocycles. The number of nitrogen functional groups attached to an aromatic ring is 1. The van der Waals surface area contributed by atoms with Gasteiger partial charge in [0.05, 0.1) is 32.9 Å². The molecule has 0 aliphatic rings. The molecule has 0 radical (unpaired) electrons. The van der Waals surface area contributed by atoms with E-state index in [1.54, 1.807) is 0 Å². The van der Waals surface area contributed by atoms with Gasteiger partial charge in [-0.2, -0.15) is 0 Å². The Hall–Kier alpha value is -3.63. The zero-order valence-corrected chi connectivity index (χ0v) is 12.6. The number of nitrogens with two attached hydrogens (primary N) is 1. The average molecular weight is 332 g/mol. The summed E-state index contributed by atoms with van der Waals surface area (Å²) in [7, 11) is 1.39. The summed E-state index contributed by atoms with van der Waals surface area (Å²) in [6, 6.07) is 2.99. The number of nitrogens with zero attached hydrogens (tertiary/aromatic N) is 4. The predicted octanol–water partition coefficient (Wildman–Crippen LogP) is 1.21. The number of hydrogen-bond acceptors (Lipinski definition) is 8. The van der Waals surface area contributed by atoms with Gasteiger partial charge in [-0.25, -0.2) is 9.97 Å². The van der Waals surface area contributed by atoms with E-state index >= 15 is 0 Å². The van der Waals surface area contributed by atoms with Gasteiger partial charge in [0.1, 0.15) is 0 Å². The number of nitro groups is 2. The first-order chi connectivity index (χ1) is 11.2. The zero-order chi connectivity index (χ0) is 18.0. The summed E-state index contributed by atoms with van der Waals surface area (Å²) in [5, 5.41) is 24.4. The molecule has 24 heavy (non-hydrogen) atoms. The quantitative estimate of drug-likeness (QED) is 0.622. The first kappa shape index (κ1) is 16.7. The van der Waals surface area contributed by atoms with Crippen LogP contribution >= 0.6 is 0 Å². The normalized spacial score (nSPS) is 10.2. The van der Waals surface area contributed by atoms with Crippen molar-refractivity contribution in [1.29, 1.82) is 0 Å². The van der Waals surface area contributed by atoms with Crippen molar-refractivity contribution in [3.63, 3.8) is 0 Å². The van der Waals surface area contributed by atoms with Crippen LogP contribution in [0.3, 0.4) is 0 Å². The number of nitrogens with one attached hydrogen (secondary N) is 1. The maximum Gasteiger partial charge on any atom is 0.276 e. The second-order valence-electron chi connectivity index (χ2n) is 4.72. The molecule has 1 aromatic carbocycles. The minimum Gasteiger partial charge on any atom is -0.368 e. The van der Waals surface area contributed by atoms with E-state index in [9.17, 15) is 25.0 Å². The molecule has 2 aromatic rings. The second-order valence-corrected chi connectivity index (χ2v) is 4.72. The van der Waals surface area contributed by atoms with Crippen LogP contribution < -0.4 is 11.1 Å². The van der Waals surface area contributed by atoms with E-state index in [1.807, 2.05) is 0 Å². The lowest BCUT2D eigenvalue weighted by atomic mass is 10.0. The van der Waals surface area contributed by atoms with Gasteiger partial charge in [-0.1, -0.05) is 0 Å². The van der Waals surface area contributed by atoms with Crippen molar-refractivity contribution in [2.75, 3.05) is 12.8 Å². The van der Waals surface area contributed by atoms with E-state index in [0.717, 1.165) is 18.2 Å². The topological polar surface area (TPSA) is 167 Å². The number of nitro benzene ring substituents is 2. The molecular formula is C13H12N6O5. The van der Waals surface area contributed by atoms with Gasteiger partial charge in [0.15, 0.2) is 0 Å². The summed E-state index contributed by atoms with van der Waals surface area (Å²) in [4.78, 5) is 40.4. The molecule has 1 heterocycles. The Labute approximate surface area is 134 Å². The Balaban J connectivity index is 2.82.